The van der Waals surface area contributed by atoms with E-state index in [0.29, 0.717) is 88.4 Å². The minimum Gasteiger partial charge on any atom is -0.369 e. The van der Waals surface area contributed by atoms with Crippen molar-refractivity contribution in [2.75, 3.05) is 82.8 Å². The SMILES string of the molecule is CN(C)C(=O)c1cc2c(-c3ccc(N4CCC(N5CCN(C(=O)c6ccc(Cl)c(N7CCC(=O)NC7=O)c6)CC5)CC4)c(F)c3F)cc(C3=CCCN(C(=O)CCn4cccn4)C3)c(F)c2[nH]1. The number of nitrogens with one attached hydrogen (secondary N) is 2. The second-order valence-electron chi connectivity index (χ2n) is 17.5. The lowest BCUT2D eigenvalue weighted by molar-refractivity contribution is -0.131. The summed E-state index contributed by atoms with van der Waals surface area (Å²) in [6.45, 7) is 4.22. The van der Waals surface area contributed by atoms with E-state index in [0.717, 1.165) is 0 Å². The Labute approximate surface area is 389 Å². The number of anilines is 2. The third-order valence-corrected chi connectivity index (χ3v) is 13.6. The van der Waals surface area contributed by atoms with Crippen molar-refractivity contribution < 1.29 is 37.1 Å². The Kier molecular flexibility index (Phi) is 12.8. The lowest BCUT2D eigenvalue weighted by Crippen LogP contribution is -2.54. The van der Waals surface area contributed by atoms with Crippen LogP contribution < -0.4 is 15.1 Å². The molecular weight excluding hydrogens is 889 g/mol. The smallest absolute Gasteiger partial charge is 0.328 e. The summed E-state index contributed by atoms with van der Waals surface area (Å²) in [6.07, 6.45) is 7.42. The Morgan fingerprint density at radius 3 is 2.33 bits per heavy atom. The van der Waals surface area contributed by atoms with Gasteiger partial charge in [-0.1, -0.05) is 17.7 Å². The minimum absolute atomic E-state index is 0.0287. The molecule has 2 N–H and O–H groups in total. The molecule has 0 radical (unpaired) electrons. The number of carbonyl (C=O) groups is 5. The van der Waals surface area contributed by atoms with E-state index in [1.165, 1.54) is 28.0 Å². The second kappa shape index (κ2) is 18.9. The highest BCUT2D eigenvalue weighted by molar-refractivity contribution is 6.34. The number of nitrogens with zero attached hydrogens (tertiary/aromatic N) is 8. The Balaban J connectivity index is 0.884. The van der Waals surface area contributed by atoms with Gasteiger partial charge in [0.2, 0.25) is 11.8 Å². The van der Waals surface area contributed by atoms with Crippen LogP contribution in [0.2, 0.25) is 5.02 Å². The fourth-order valence-corrected chi connectivity index (χ4v) is 9.83. The molecule has 0 saturated carbocycles. The largest absolute Gasteiger partial charge is 0.369 e. The van der Waals surface area contributed by atoms with Gasteiger partial charge in [-0.3, -0.25) is 39.0 Å². The number of rotatable bonds is 10. The summed E-state index contributed by atoms with van der Waals surface area (Å²) in [6, 6.07) is 12.1. The molecule has 0 spiro atoms. The van der Waals surface area contributed by atoms with Crippen LogP contribution in [0.15, 0.2) is 67.0 Å². The monoisotopic (exact) mass is 938 g/mol. The lowest BCUT2D eigenvalue weighted by Gasteiger charge is -2.43. The van der Waals surface area contributed by atoms with Crippen LogP contribution in [0.5, 0.6) is 0 Å². The maximum absolute atomic E-state index is 16.6. The summed E-state index contributed by atoms with van der Waals surface area (Å²) in [5.41, 5.74) is 1.65. The van der Waals surface area contributed by atoms with Crippen molar-refractivity contribution in [2.24, 2.45) is 0 Å². The zero-order valence-electron chi connectivity index (χ0n) is 37.2. The summed E-state index contributed by atoms with van der Waals surface area (Å²) in [5.74, 6) is -3.91. The van der Waals surface area contributed by atoms with E-state index >= 15 is 13.2 Å². The number of imide groups is 1. The van der Waals surface area contributed by atoms with Crippen molar-refractivity contribution in [1.82, 2.24) is 39.7 Å². The highest BCUT2D eigenvalue weighted by Crippen LogP contribution is 2.40. The number of amides is 6. The topological polar surface area (TPSA) is 150 Å². The standard InChI is InChI=1S/C48H50ClF3N10O5/c1-56(2)47(66)37-27-35-34(26-33(43(51)45(35)54-37)30-5-3-15-60(28-30)41(64)13-19-61-16-4-14-53-61)32-7-9-38(44(52)42(32)50)58-17-10-31(11-18-58)57-21-23-59(24-22-57)46(65)29-6-8-36(49)39(25-29)62-20-12-40(63)55-48(62)67/h4-9,14,16,25-27,31,54H,3,10-13,15,17-24,28H2,1-2H3,(H,55,63,67). The molecular formula is C48H50ClF3N10O5. The number of benzene rings is 3. The summed E-state index contributed by atoms with van der Waals surface area (Å²) in [4.78, 5) is 77.3. The first-order valence-electron chi connectivity index (χ1n) is 22.4. The Morgan fingerprint density at radius 1 is 0.836 bits per heavy atom. The first-order chi connectivity index (χ1) is 32.2. The first kappa shape index (κ1) is 45.5. The first-order valence-corrected chi connectivity index (χ1v) is 22.8. The molecule has 4 aliphatic heterocycles. The van der Waals surface area contributed by atoms with Gasteiger partial charge in [-0.2, -0.15) is 5.10 Å². The van der Waals surface area contributed by atoms with E-state index in [9.17, 15) is 24.0 Å². The van der Waals surface area contributed by atoms with Gasteiger partial charge in [-0.05, 0) is 78.9 Å². The predicted octanol–water partition coefficient (Wildman–Crippen LogP) is 6.38. The lowest BCUT2D eigenvalue weighted by atomic mass is 9.92. The van der Waals surface area contributed by atoms with Crippen molar-refractivity contribution in [3.63, 3.8) is 0 Å². The van der Waals surface area contributed by atoms with Crippen LogP contribution in [0.4, 0.5) is 29.3 Å². The second-order valence-corrected chi connectivity index (χ2v) is 17.9. The molecule has 2 aromatic heterocycles. The highest BCUT2D eigenvalue weighted by atomic mass is 35.5. The summed E-state index contributed by atoms with van der Waals surface area (Å²) in [5, 5.41) is 6.95. The Hall–Kier alpha value is -6.66. The maximum Gasteiger partial charge on any atom is 0.328 e. The maximum atomic E-state index is 16.6. The van der Waals surface area contributed by atoms with Gasteiger partial charge in [-0.25, -0.2) is 18.0 Å². The van der Waals surface area contributed by atoms with Crippen LogP contribution in [-0.2, 0) is 16.1 Å². The molecule has 6 amide bonds. The third kappa shape index (κ3) is 9.11. The van der Waals surface area contributed by atoms with Crippen molar-refractivity contribution in [1.29, 1.82) is 0 Å². The van der Waals surface area contributed by atoms with Gasteiger partial charge in [0.05, 0.1) is 21.9 Å². The number of aromatic nitrogens is 3. The van der Waals surface area contributed by atoms with Crippen LogP contribution >= 0.6 is 11.6 Å². The molecule has 5 aromatic rings. The van der Waals surface area contributed by atoms with Gasteiger partial charge in [-0.15, -0.1) is 0 Å². The number of fused-ring (bicyclic) bond motifs is 1. The predicted molar refractivity (Wildman–Crippen MR) is 247 cm³/mol. The molecule has 67 heavy (non-hydrogen) atoms. The van der Waals surface area contributed by atoms with Crippen LogP contribution in [0.25, 0.3) is 27.6 Å². The van der Waals surface area contributed by atoms with Gasteiger partial charge < -0.3 is 24.6 Å². The van der Waals surface area contributed by atoms with E-state index in [1.807, 2.05) is 11.0 Å². The highest BCUT2D eigenvalue weighted by Gasteiger charge is 2.33. The number of piperazine rings is 1. The van der Waals surface area contributed by atoms with Crippen LogP contribution in [0.1, 0.15) is 58.5 Å². The van der Waals surface area contributed by atoms with E-state index in [1.54, 1.807) is 71.3 Å². The van der Waals surface area contributed by atoms with Gasteiger partial charge in [0.25, 0.3) is 11.8 Å². The molecule has 350 valence electrons. The normalized spacial score (nSPS) is 17.6. The fourth-order valence-electron chi connectivity index (χ4n) is 9.61. The molecule has 0 atom stereocenters. The molecule has 6 heterocycles. The fraction of sp³-hybridized carbons (Fsp3) is 0.375. The number of carbonyl (C=O) groups excluding carboxylic acids is 5. The number of H-pyrrole nitrogens is 1. The number of piperidine rings is 1. The molecule has 3 saturated heterocycles. The summed E-state index contributed by atoms with van der Waals surface area (Å²) < 4.78 is 51.3. The molecule has 9 rings (SSSR count). The number of hydrogen-bond donors (Lipinski definition) is 2. The average molecular weight is 939 g/mol. The molecule has 15 nitrogen and oxygen atoms in total. The van der Waals surface area contributed by atoms with Gasteiger partial charge in [0.15, 0.2) is 17.5 Å². The van der Waals surface area contributed by atoms with Gasteiger partial charge >= 0.3 is 6.03 Å². The van der Waals surface area contributed by atoms with E-state index in [-0.39, 0.29) is 93.7 Å². The Morgan fingerprint density at radius 2 is 1.61 bits per heavy atom. The van der Waals surface area contributed by atoms with Crippen molar-refractivity contribution in [3.8, 4) is 11.1 Å². The van der Waals surface area contributed by atoms with Gasteiger partial charge in [0.1, 0.15) is 5.69 Å². The van der Waals surface area contributed by atoms with Crippen LogP contribution in [0, 0.1) is 17.5 Å². The minimum atomic E-state index is -1.10. The molecule has 0 bridgehead atoms. The molecule has 0 unspecified atom stereocenters. The third-order valence-electron chi connectivity index (χ3n) is 13.3. The van der Waals surface area contributed by atoms with Crippen LogP contribution in [0.3, 0.4) is 0 Å². The molecule has 3 fully saturated rings. The van der Waals surface area contributed by atoms with Crippen LogP contribution in [-0.4, -0.2) is 143 Å². The zero-order valence-corrected chi connectivity index (χ0v) is 37.9. The number of hydrogen-bond acceptors (Lipinski definition) is 8. The van der Waals surface area contributed by atoms with Crippen molar-refractivity contribution in [3.05, 3.63) is 106 Å². The average Bonchev–Trinajstić information content (AvgIpc) is 4.04. The summed E-state index contributed by atoms with van der Waals surface area (Å²) >= 11 is 6.41. The molecule has 4 aliphatic rings. The van der Waals surface area contributed by atoms with Crippen molar-refractivity contribution >= 4 is 69.1 Å². The summed E-state index contributed by atoms with van der Waals surface area (Å²) in [7, 11) is 3.12. The number of halogens is 4. The quantitative estimate of drug-likeness (QED) is 0.164. The van der Waals surface area contributed by atoms with Crippen molar-refractivity contribution in [2.45, 2.75) is 44.7 Å². The molecule has 19 heteroatoms. The van der Waals surface area contributed by atoms with E-state index in [2.05, 4.69) is 20.3 Å². The van der Waals surface area contributed by atoms with E-state index < -0.39 is 29.4 Å². The van der Waals surface area contributed by atoms with Gasteiger partial charge in [0, 0.05) is 133 Å². The number of aryl methyl sites for hydroxylation is 1. The van der Waals surface area contributed by atoms with E-state index in [4.69, 9.17) is 11.6 Å². The Bertz CT molecular complexity index is 2800. The number of aromatic amines is 1. The molecule has 0 aliphatic carbocycles. The molecule has 3 aromatic carbocycles. The number of urea groups is 1. The zero-order chi connectivity index (χ0) is 47.1.